The first-order chi connectivity index (χ1) is 10.1. The number of benzene rings is 1. The van der Waals surface area contributed by atoms with E-state index in [4.69, 9.17) is 4.74 Å². The van der Waals surface area contributed by atoms with E-state index in [0.717, 1.165) is 11.3 Å². The van der Waals surface area contributed by atoms with Crippen molar-refractivity contribution in [1.82, 2.24) is 5.32 Å². The first-order valence-corrected chi connectivity index (χ1v) is 7.52. The minimum absolute atomic E-state index is 0.125. The molecule has 0 spiro atoms. The van der Waals surface area contributed by atoms with Crippen LogP contribution in [-0.2, 0) is 11.3 Å². The zero-order valence-electron chi connectivity index (χ0n) is 14.2. The standard InChI is InChI=1S/C17H28N2O3/c1-16(2,3)22-15(21)18-10-13-7-6-8-14(9-13)19-11-17(4,5)12-20/h6-9,19-20H,10-12H2,1-5H3,(H,18,21). The molecule has 1 aromatic carbocycles. The first-order valence-electron chi connectivity index (χ1n) is 7.52. The molecular weight excluding hydrogens is 280 g/mol. The highest BCUT2D eigenvalue weighted by molar-refractivity contribution is 5.67. The highest BCUT2D eigenvalue weighted by Gasteiger charge is 2.17. The molecule has 0 atom stereocenters. The lowest BCUT2D eigenvalue weighted by molar-refractivity contribution is 0.0523. The lowest BCUT2D eigenvalue weighted by Gasteiger charge is -2.23. The average molecular weight is 308 g/mol. The van der Waals surface area contributed by atoms with E-state index in [1.165, 1.54) is 0 Å². The number of carbonyl (C=O) groups is 1. The van der Waals surface area contributed by atoms with Crippen LogP contribution in [-0.4, -0.2) is 30.0 Å². The number of nitrogens with one attached hydrogen (secondary N) is 2. The molecule has 0 aliphatic carbocycles. The Balaban J connectivity index is 2.52. The Morgan fingerprint density at radius 1 is 1.23 bits per heavy atom. The summed E-state index contributed by atoms with van der Waals surface area (Å²) in [6, 6.07) is 7.81. The van der Waals surface area contributed by atoms with E-state index in [2.05, 4.69) is 10.6 Å². The molecule has 0 radical (unpaired) electrons. The number of rotatable bonds is 6. The molecule has 0 aliphatic heterocycles. The summed E-state index contributed by atoms with van der Waals surface area (Å²) in [4.78, 5) is 11.6. The fraction of sp³-hybridized carbons (Fsp3) is 0.588. The molecule has 5 nitrogen and oxygen atoms in total. The Morgan fingerprint density at radius 3 is 2.50 bits per heavy atom. The number of amides is 1. The van der Waals surface area contributed by atoms with Gasteiger partial charge in [0.2, 0.25) is 0 Å². The fourth-order valence-electron chi connectivity index (χ4n) is 1.68. The lowest BCUT2D eigenvalue weighted by Crippen LogP contribution is -2.32. The largest absolute Gasteiger partial charge is 0.444 e. The van der Waals surface area contributed by atoms with Gasteiger partial charge in [0.15, 0.2) is 0 Å². The third-order valence-electron chi connectivity index (χ3n) is 2.96. The van der Waals surface area contributed by atoms with E-state index in [-0.39, 0.29) is 12.0 Å². The second-order valence-electron chi connectivity index (χ2n) is 7.23. The van der Waals surface area contributed by atoms with Gasteiger partial charge in [-0.2, -0.15) is 0 Å². The molecule has 5 heteroatoms. The van der Waals surface area contributed by atoms with Crippen LogP contribution in [0.1, 0.15) is 40.2 Å². The minimum Gasteiger partial charge on any atom is -0.444 e. The molecule has 22 heavy (non-hydrogen) atoms. The molecule has 0 saturated heterocycles. The summed E-state index contributed by atoms with van der Waals surface area (Å²) in [5.41, 5.74) is 1.27. The van der Waals surface area contributed by atoms with Crippen molar-refractivity contribution in [1.29, 1.82) is 0 Å². The molecule has 0 bridgehead atoms. The molecule has 0 aromatic heterocycles. The maximum atomic E-state index is 11.6. The SMILES string of the molecule is CC(C)(CO)CNc1cccc(CNC(=O)OC(C)(C)C)c1. The van der Waals surface area contributed by atoms with Gasteiger partial charge in [-0.1, -0.05) is 26.0 Å². The van der Waals surface area contributed by atoms with Crippen molar-refractivity contribution in [2.24, 2.45) is 5.41 Å². The molecule has 0 heterocycles. The van der Waals surface area contributed by atoms with Crippen molar-refractivity contribution in [2.75, 3.05) is 18.5 Å². The van der Waals surface area contributed by atoms with Gasteiger partial charge in [0.1, 0.15) is 5.60 Å². The van der Waals surface area contributed by atoms with Gasteiger partial charge in [-0.3, -0.25) is 0 Å². The second-order valence-corrected chi connectivity index (χ2v) is 7.23. The molecule has 0 aliphatic rings. The Labute approximate surface area is 133 Å². The Bertz CT molecular complexity index is 493. The van der Waals surface area contributed by atoms with Gasteiger partial charge in [-0.25, -0.2) is 4.79 Å². The van der Waals surface area contributed by atoms with E-state index >= 15 is 0 Å². The van der Waals surface area contributed by atoms with Crippen LogP contribution in [0.2, 0.25) is 0 Å². The number of hydrogen-bond acceptors (Lipinski definition) is 4. The quantitative estimate of drug-likeness (QED) is 0.755. The van der Waals surface area contributed by atoms with E-state index < -0.39 is 11.7 Å². The van der Waals surface area contributed by atoms with Crippen LogP contribution in [0, 0.1) is 5.41 Å². The number of ether oxygens (including phenoxy) is 1. The van der Waals surface area contributed by atoms with Crippen LogP contribution in [0.3, 0.4) is 0 Å². The van der Waals surface area contributed by atoms with Gasteiger partial charge in [-0.15, -0.1) is 0 Å². The van der Waals surface area contributed by atoms with Crippen LogP contribution in [0.5, 0.6) is 0 Å². The summed E-state index contributed by atoms with van der Waals surface area (Å²) >= 11 is 0. The van der Waals surface area contributed by atoms with E-state index in [0.29, 0.717) is 13.1 Å². The number of alkyl carbamates (subject to hydrolysis) is 1. The zero-order chi connectivity index (χ0) is 16.8. The van der Waals surface area contributed by atoms with Crippen LogP contribution in [0.15, 0.2) is 24.3 Å². The van der Waals surface area contributed by atoms with E-state index in [1.807, 2.05) is 58.9 Å². The molecular formula is C17H28N2O3. The van der Waals surface area contributed by atoms with E-state index in [1.54, 1.807) is 0 Å². The molecule has 0 unspecified atom stereocenters. The third kappa shape index (κ3) is 7.31. The van der Waals surface area contributed by atoms with Crippen LogP contribution in [0.25, 0.3) is 0 Å². The molecule has 0 fully saturated rings. The maximum Gasteiger partial charge on any atom is 0.407 e. The molecule has 1 aromatic rings. The predicted molar refractivity (Wildman–Crippen MR) is 88.9 cm³/mol. The van der Waals surface area contributed by atoms with Gasteiger partial charge in [0.25, 0.3) is 0 Å². The number of anilines is 1. The van der Waals surface area contributed by atoms with Crippen molar-refractivity contribution in [2.45, 2.75) is 46.8 Å². The summed E-state index contributed by atoms with van der Waals surface area (Å²) < 4.78 is 5.20. The highest BCUT2D eigenvalue weighted by atomic mass is 16.6. The van der Waals surface area contributed by atoms with Crippen LogP contribution in [0.4, 0.5) is 10.5 Å². The zero-order valence-corrected chi connectivity index (χ0v) is 14.2. The molecule has 3 N–H and O–H groups in total. The smallest absolute Gasteiger partial charge is 0.407 e. The van der Waals surface area contributed by atoms with E-state index in [9.17, 15) is 9.90 Å². The number of aliphatic hydroxyl groups excluding tert-OH is 1. The van der Waals surface area contributed by atoms with Gasteiger partial charge >= 0.3 is 6.09 Å². The van der Waals surface area contributed by atoms with Crippen molar-refractivity contribution < 1.29 is 14.6 Å². The van der Waals surface area contributed by atoms with Gasteiger partial charge in [-0.05, 0) is 38.5 Å². The minimum atomic E-state index is -0.497. The Morgan fingerprint density at radius 2 is 1.91 bits per heavy atom. The Kier molecular flexibility index (Phi) is 6.23. The molecule has 1 rings (SSSR count). The van der Waals surface area contributed by atoms with Gasteiger partial charge < -0.3 is 20.5 Å². The van der Waals surface area contributed by atoms with Crippen molar-refractivity contribution in [3.63, 3.8) is 0 Å². The average Bonchev–Trinajstić information content (AvgIpc) is 2.42. The molecule has 124 valence electrons. The number of carbonyl (C=O) groups excluding carboxylic acids is 1. The third-order valence-corrected chi connectivity index (χ3v) is 2.96. The summed E-state index contributed by atoms with van der Waals surface area (Å²) in [6.07, 6.45) is -0.424. The predicted octanol–water partition coefficient (Wildman–Crippen LogP) is 3.14. The Hall–Kier alpha value is -1.75. The normalized spacial score (nSPS) is 11.9. The first kappa shape index (κ1) is 18.3. The number of hydrogen-bond donors (Lipinski definition) is 3. The van der Waals surface area contributed by atoms with Crippen LogP contribution < -0.4 is 10.6 Å². The highest BCUT2D eigenvalue weighted by Crippen LogP contribution is 2.17. The summed E-state index contributed by atoms with van der Waals surface area (Å²) in [7, 11) is 0. The monoisotopic (exact) mass is 308 g/mol. The topological polar surface area (TPSA) is 70.6 Å². The van der Waals surface area contributed by atoms with Crippen molar-refractivity contribution >= 4 is 11.8 Å². The summed E-state index contributed by atoms with van der Waals surface area (Å²) in [6.45, 7) is 10.7. The maximum absolute atomic E-state index is 11.6. The molecule has 1 amide bonds. The van der Waals surface area contributed by atoms with Crippen molar-refractivity contribution in [3.8, 4) is 0 Å². The fourth-order valence-corrected chi connectivity index (χ4v) is 1.68. The van der Waals surface area contributed by atoms with Crippen molar-refractivity contribution in [3.05, 3.63) is 29.8 Å². The van der Waals surface area contributed by atoms with Gasteiger partial charge in [0, 0.05) is 30.8 Å². The van der Waals surface area contributed by atoms with Gasteiger partial charge in [0.05, 0.1) is 0 Å². The number of aliphatic hydroxyl groups is 1. The second kappa shape index (κ2) is 7.49. The summed E-state index contributed by atoms with van der Waals surface area (Å²) in [5.74, 6) is 0. The molecule has 0 saturated carbocycles. The summed E-state index contributed by atoms with van der Waals surface area (Å²) in [5, 5.41) is 15.3. The van der Waals surface area contributed by atoms with Crippen LogP contribution >= 0.6 is 0 Å². The lowest BCUT2D eigenvalue weighted by atomic mass is 9.95.